The van der Waals surface area contributed by atoms with Crippen molar-refractivity contribution in [2.45, 2.75) is 38.6 Å². The van der Waals surface area contributed by atoms with Gasteiger partial charge in [0.1, 0.15) is 11.5 Å². The van der Waals surface area contributed by atoms with Crippen molar-refractivity contribution in [3.05, 3.63) is 30.6 Å². The van der Waals surface area contributed by atoms with Crippen molar-refractivity contribution in [2.75, 3.05) is 5.32 Å². The minimum absolute atomic E-state index is 0.547. The molecule has 0 saturated heterocycles. The van der Waals surface area contributed by atoms with Crippen molar-refractivity contribution >= 4 is 11.5 Å². The molecule has 1 aliphatic carbocycles. The number of pyridine rings is 1. The topological polar surface area (TPSA) is 29.3 Å². The highest BCUT2D eigenvalue weighted by Crippen LogP contribution is 2.29. The van der Waals surface area contributed by atoms with Crippen LogP contribution in [0.25, 0.3) is 5.65 Å². The molecule has 3 heteroatoms. The molecule has 1 unspecified atom stereocenters. The Morgan fingerprint density at radius 1 is 1.35 bits per heavy atom. The van der Waals surface area contributed by atoms with Gasteiger partial charge < -0.3 is 5.32 Å². The highest BCUT2D eigenvalue weighted by molar-refractivity contribution is 5.50. The molecule has 2 aromatic heterocycles. The zero-order valence-electron chi connectivity index (χ0n) is 10.3. The first-order valence-corrected chi connectivity index (χ1v) is 6.53. The summed E-state index contributed by atoms with van der Waals surface area (Å²) in [7, 11) is 0. The van der Waals surface area contributed by atoms with E-state index < -0.39 is 0 Å². The number of nitrogens with zero attached hydrogens (tertiary/aromatic N) is 2. The van der Waals surface area contributed by atoms with Crippen LogP contribution in [0.4, 0.5) is 5.82 Å². The third kappa shape index (κ3) is 2.02. The summed E-state index contributed by atoms with van der Waals surface area (Å²) in [6.07, 6.45) is 9.39. The summed E-state index contributed by atoms with van der Waals surface area (Å²) >= 11 is 0. The van der Waals surface area contributed by atoms with Gasteiger partial charge >= 0.3 is 0 Å². The van der Waals surface area contributed by atoms with Crippen LogP contribution >= 0.6 is 0 Å². The van der Waals surface area contributed by atoms with Crippen LogP contribution in [-0.2, 0) is 0 Å². The third-order valence-corrected chi connectivity index (χ3v) is 3.91. The average molecular weight is 229 g/mol. The molecule has 1 N–H and O–H groups in total. The lowest BCUT2D eigenvalue weighted by molar-refractivity contribution is 0.481. The van der Waals surface area contributed by atoms with E-state index in [-0.39, 0.29) is 0 Å². The summed E-state index contributed by atoms with van der Waals surface area (Å²) < 4.78 is 2.12. The standard InChI is InChI=1S/C14H19N3/c1-11(12-5-2-3-6-12)16-14-8-4-7-13-15-9-10-17(13)14/h4,7-12,16H,2-3,5-6H2,1H3. The van der Waals surface area contributed by atoms with Gasteiger partial charge in [-0.2, -0.15) is 0 Å². The molecule has 0 bridgehead atoms. The maximum atomic E-state index is 4.31. The molecule has 3 rings (SSSR count). The number of imidazole rings is 1. The van der Waals surface area contributed by atoms with Crippen LogP contribution in [0, 0.1) is 5.92 Å². The highest BCUT2D eigenvalue weighted by Gasteiger charge is 2.21. The van der Waals surface area contributed by atoms with Crippen LogP contribution < -0.4 is 5.32 Å². The van der Waals surface area contributed by atoms with Gasteiger partial charge in [-0.1, -0.05) is 18.9 Å². The lowest BCUT2D eigenvalue weighted by Crippen LogP contribution is -2.24. The molecule has 0 radical (unpaired) electrons. The quantitative estimate of drug-likeness (QED) is 0.874. The van der Waals surface area contributed by atoms with E-state index in [0.717, 1.165) is 17.4 Å². The maximum Gasteiger partial charge on any atom is 0.138 e. The van der Waals surface area contributed by atoms with E-state index in [1.54, 1.807) is 0 Å². The summed E-state index contributed by atoms with van der Waals surface area (Å²) in [5.74, 6) is 1.98. The zero-order chi connectivity index (χ0) is 11.7. The number of hydrogen-bond donors (Lipinski definition) is 1. The number of anilines is 1. The van der Waals surface area contributed by atoms with Gasteiger partial charge in [0, 0.05) is 18.4 Å². The molecular formula is C14H19N3. The average Bonchev–Trinajstić information content (AvgIpc) is 3.00. The Morgan fingerprint density at radius 3 is 3.00 bits per heavy atom. The second-order valence-electron chi connectivity index (χ2n) is 5.04. The first kappa shape index (κ1) is 10.6. The molecule has 1 saturated carbocycles. The van der Waals surface area contributed by atoms with Gasteiger partial charge in [-0.3, -0.25) is 4.40 Å². The zero-order valence-corrected chi connectivity index (χ0v) is 10.3. The molecule has 0 aliphatic heterocycles. The Morgan fingerprint density at radius 2 is 2.18 bits per heavy atom. The number of rotatable bonds is 3. The van der Waals surface area contributed by atoms with Crippen molar-refractivity contribution in [1.29, 1.82) is 0 Å². The van der Waals surface area contributed by atoms with Gasteiger partial charge in [0.2, 0.25) is 0 Å². The second kappa shape index (κ2) is 4.40. The third-order valence-electron chi connectivity index (χ3n) is 3.91. The molecule has 90 valence electrons. The summed E-state index contributed by atoms with van der Waals surface area (Å²) in [5.41, 5.74) is 1.01. The van der Waals surface area contributed by atoms with E-state index in [1.807, 2.05) is 18.5 Å². The molecule has 2 heterocycles. The largest absolute Gasteiger partial charge is 0.368 e. The van der Waals surface area contributed by atoms with Crippen LogP contribution in [-0.4, -0.2) is 15.4 Å². The van der Waals surface area contributed by atoms with Gasteiger partial charge in [-0.15, -0.1) is 0 Å². The van der Waals surface area contributed by atoms with Crippen LogP contribution in [0.15, 0.2) is 30.6 Å². The molecule has 0 amide bonds. The minimum atomic E-state index is 0.547. The first-order chi connectivity index (χ1) is 8.34. The van der Waals surface area contributed by atoms with Crippen LogP contribution in [0.3, 0.4) is 0 Å². The Hall–Kier alpha value is -1.51. The fraction of sp³-hybridized carbons (Fsp3) is 0.500. The molecule has 3 nitrogen and oxygen atoms in total. The predicted octanol–water partition coefficient (Wildman–Crippen LogP) is 3.32. The van der Waals surface area contributed by atoms with Crippen molar-refractivity contribution in [3.63, 3.8) is 0 Å². The summed E-state index contributed by atoms with van der Waals surface area (Å²) in [6.45, 7) is 2.30. The highest BCUT2D eigenvalue weighted by atomic mass is 15.1. The van der Waals surface area contributed by atoms with E-state index in [2.05, 4.69) is 33.8 Å². The Bertz CT molecular complexity index is 497. The summed E-state index contributed by atoms with van der Waals surface area (Å²) in [6, 6.07) is 6.77. The fourth-order valence-corrected chi connectivity index (χ4v) is 2.87. The lowest BCUT2D eigenvalue weighted by Gasteiger charge is -2.22. The molecule has 2 aromatic rings. The van der Waals surface area contributed by atoms with Crippen LogP contribution in [0.5, 0.6) is 0 Å². The van der Waals surface area contributed by atoms with E-state index >= 15 is 0 Å². The summed E-state index contributed by atoms with van der Waals surface area (Å²) in [5, 5.41) is 3.64. The second-order valence-corrected chi connectivity index (χ2v) is 5.04. The van der Waals surface area contributed by atoms with Gasteiger partial charge in [-0.25, -0.2) is 4.98 Å². The van der Waals surface area contributed by atoms with Crippen LogP contribution in [0.1, 0.15) is 32.6 Å². The van der Waals surface area contributed by atoms with Gasteiger partial charge in [0.25, 0.3) is 0 Å². The van der Waals surface area contributed by atoms with E-state index in [9.17, 15) is 0 Å². The molecule has 0 spiro atoms. The van der Waals surface area contributed by atoms with E-state index in [1.165, 1.54) is 25.7 Å². The van der Waals surface area contributed by atoms with Crippen LogP contribution in [0.2, 0.25) is 0 Å². The normalized spacial score (nSPS) is 18.6. The summed E-state index contributed by atoms with van der Waals surface area (Å²) in [4.78, 5) is 4.31. The van der Waals surface area contributed by atoms with Gasteiger partial charge in [0.05, 0.1) is 0 Å². The van der Waals surface area contributed by atoms with E-state index in [0.29, 0.717) is 6.04 Å². The lowest BCUT2D eigenvalue weighted by atomic mass is 10.00. The molecule has 1 atom stereocenters. The fourth-order valence-electron chi connectivity index (χ4n) is 2.87. The van der Waals surface area contributed by atoms with Crippen molar-refractivity contribution < 1.29 is 0 Å². The Labute approximate surface area is 102 Å². The molecule has 1 aliphatic rings. The number of fused-ring (bicyclic) bond motifs is 1. The predicted molar refractivity (Wildman–Crippen MR) is 70.2 cm³/mol. The minimum Gasteiger partial charge on any atom is -0.368 e. The molecular weight excluding hydrogens is 210 g/mol. The van der Waals surface area contributed by atoms with Crippen molar-refractivity contribution in [2.24, 2.45) is 5.92 Å². The molecule has 17 heavy (non-hydrogen) atoms. The smallest absolute Gasteiger partial charge is 0.138 e. The first-order valence-electron chi connectivity index (χ1n) is 6.53. The number of aromatic nitrogens is 2. The number of hydrogen-bond acceptors (Lipinski definition) is 2. The van der Waals surface area contributed by atoms with E-state index in [4.69, 9.17) is 0 Å². The van der Waals surface area contributed by atoms with Crippen molar-refractivity contribution in [1.82, 2.24) is 9.38 Å². The van der Waals surface area contributed by atoms with Gasteiger partial charge in [0.15, 0.2) is 0 Å². The molecule has 1 fully saturated rings. The monoisotopic (exact) mass is 229 g/mol. The Kier molecular flexibility index (Phi) is 2.75. The van der Waals surface area contributed by atoms with Gasteiger partial charge in [-0.05, 0) is 37.8 Å². The maximum absolute atomic E-state index is 4.31. The molecule has 0 aromatic carbocycles. The van der Waals surface area contributed by atoms with Crippen molar-refractivity contribution in [3.8, 4) is 0 Å². The Balaban J connectivity index is 1.81. The SMILES string of the molecule is CC(Nc1cccc2nccn12)C1CCCC1. The number of nitrogens with one attached hydrogen (secondary N) is 1.